The molecule has 0 aliphatic heterocycles. The van der Waals surface area contributed by atoms with Gasteiger partial charge in [-0.3, -0.25) is 0 Å². The molecule has 0 saturated heterocycles. The summed E-state index contributed by atoms with van der Waals surface area (Å²) in [6.45, 7) is -0.306. The largest absolute Gasteiger partial charge is 0.363 e. The first kappa shape index (κ1) is 13.0. The first-order valence-corrected chi connectivity index (χ1v) is 5.77. The van der Waals surface area contributed by atoms with E-state index in [1.54, 1.807) is 6.07 Å². The summed E-state index contributed by atoms with van der Waals surface area (Å²) in [7, 11) is -2.58. The minimum Gasteiger partial charge on any atom is -0.358 e. The van der Waals surface area contributed by atoms with Gasteiger partial charge >= 0.3 is 5.82 Å². The van der Waals surface area contributed by atoms with Crippen molar-refractivity contribution in [3.05, 3.63) is 28.4 Å². The lowest BCUT2D eigenvalue weighted by Gasteiger charge is -2.11. The Morgan fingerprint density at radius 2 is 2.24 bits per heavy atom. The molecule has 90 valence electrons. The van der Waals surface area contributed by atoms with Gasteiger partial charge in [0.1, 0.15) is 11.4 Å². The molecule has 0 atom stereocenters. The molecule has 0 bridgehead atoms. The molecular formula is C8H8N4O4S. The lowest BCUT2D eigenvalue weighted by molar-refractivity contribution is -0.389. The monoisotopic (exact) mass is 256 g/mol. The molecular weight excluding hydrogens is 248 g/mol. The minimum atomic E-state index is -3.82. The molecule has 0 aromatic carbocycles. The number of hydrogen-bond acceptors (Lipinski definition) is 6. The highest BCUT2D eigenvalue weighted by Gasteiger charge is 2.22. The molecule has 0 unspecified atom stereocenters. The van der Waals surface area contributed by atoms with Crippen molar-refractivity contribution in [2.24, 2.45) is 0 Å². The number of pyridine rings is 1. The third-order valence-corrected chi connectivity index (χ3v) is 3.70. The van der Waals surface area contributed by atoms with Gasteiger partial charge in [0.05, 0.1) is 6.07 Å². The molecule has 0 amide bonds. The summed E-state index contributed by atoms with van der Waals surface area (Å²) in [4.78, 5) is 12.8. The molecule has 0 N–H and O–H groups in total. The summed E-state index contributed by atoms with van der Waals surface area (Å²) in [6.07, 6.45) is 0.890. The molecule has 0 saturated carbocycles. The first-order valence-electron chi connectivity index (χ1n) is 4.33. The van der Waals surface area contributed by atoms with Gasteiger partial charge in [0.25, 0.3) is 0 Å². The molecule has 1 aromatic rings. The van der Waals surface area contributed by atoms with Gasteiger partial charge in [-0.05, 0) is 16.0 Å². The third-order valence-electron chi connectivity index (χ3n) is 1.91. The standard InChI is InChI=1S/C8H8N4O4S/c1-11(5-4-9)17(15,16)7-2-3-8(10-6-7)12(13)14/h2-3,6H,5H2,1H3. The summed E-state index contributed by atoms with van der Waals surface area (Å²) < 4.78 is 24.4. The van der Waals surface area contributed by atoms with Gasteiger partial charge in [-0.15, -0.1) is 0 Å². The number of nitriles is 1. The van der Waals surface area contributed by atoms with Gasteiger partial charge < -0.3 is 10.1 Å². The molecule has 0 radical (unpaired) electrons. The quantitative estimate of drug-likeness (QED) is 0.429. The van der Waals surface area contributed by atoms with Crippen molar-refractivity contribution >= 4 is 15.8 Å². The van der Waals surface area contributed by atoms with Crippen molar-refractivity contribution in [3.63, 3.8) is 0 Å². The van der Waals surface area contributed by atoms with Crippen LogP contribution in [0.3, 0.4) is 0 Å². The van der Waals surface area contributed by atoms with E-state index in [0.29, 0.717) is 0 Å². The van der Waals surface area contributed by atoms with Crippen molar-refractivity contribution < 1.29 is 13.3 Å². The van der Waals surface area contributed by atoms with Crippen LogP contribution in [0.15, 0.2) is 23.2 Å². The van der Waals surface area contributed by atoms with Crippen LogP contribution in [0, 0.1) is 21.4 Å². The number of nitro groups is 1. The van der Waals surface area contributed by atoms with E-state index in [0.717, 1.165) is 22.6 Å². The maximum absolute atomic E-state index is 11.8. The van der Waals surface area contributed by atoms with Crippen LogP contribution in [-0.4, -0.2) is 36.2 Å². The normalized spacial score (nSPS) is 11.1. The van der Waals surface area contributed by atoms with Gasteiger partial charge in [-0.2, -0.15) is 9.57 Å². The van der Waals surface area contributed by atoms with E-state index in [-0.39, 0.29) is 11.4 Å². The highest BCUT2D eigenvalue weighted by Crippen LogP contribution is 2.15. The maximum Gasteiger partial charge on any atom is 0.363 e. The fourth-order valence-electron chi connectivity index (χ4n) is 0.998. The van der Waals surface area contributed by atoms with Crippen molar-refractivity contribution in [1.29, 1.82) is 5.26 Å². The second-order valence-electron chi connectivity index (χ2n) is 3.03. The van der Waals surface area contributed by atoms with E-state index in [1.165, 1.54) is 7.05 Å². The summed E-state index contributed by atoms with van der Waals surface area (Å²) in [5.41, 5.74) is 0. The highest BCUT2D eigenvalue weighted by molar-refractivity contribution is 7.89. The Bertz CT molecular complexity index is 560. The van der Waals surface area contributed by atoms with Crippen LogP contribution in [0.4, 0.5) is 5.82 Å². The predicted octanol–water partition coefficient (Wildman–Crippen LogP) is 0.134. The zero-order valence-corrected chi connectivity index (χ0v) is 9.59. The van der Waals surface area contributed by atoms with Crippen molar-refractivity contribution in [2.45, 2.75) is 4.90 Å². The molecule has 17 heavy (non-hydrogen) atoms. The number of hydrogen-bond donors (Lipinski definition) is 0. The Morgan fingerprint density at radius 3 is 2.65 bits per heavy atom. The molecule has 1 heterocycles. The molecule has 8 nitrogen and oxygen atoms in total. The fraction of sp³-hybridized carbons (Fsp3) is 0.250. The minimum absolute atomic E-state index is 0.194. The maximum atomic E-state index is 11.8. The summed E-state index contributed by atoms with van der Waals surface area (Å²) >= 11 is 0. The lowest BCUT2D eigenvalue weighted by atomic mass is 10.5. The van der Waals surface area contributed by atoms with Crippen LogP contribution in [-0.2, 0) is 10.0 Å². The second kappa shape index (κ2) is 4.86. The van der Waals surface area contributed by atoms with Gasteiger partial charge in [-0.25, -0.2) is 8.42 Å². The van der Waals surface area contributed by atoms with Crippen molar-refractivity contribution in [1.82, 2.24) is 9.29 Å². The van der Waals surface area contributed by atoms with E-state index in [4.69, 9.17) is 5.26 Å². The van der Waals surface area contributed by atoms with Gasteiger partial charge in [-0.1, -0.05) is 0 Å². The molecule has 0 aliphatic carbocycles. The van der Waals surface area contributed by atoms with Crippen LogP contribution in [0.1, 0.15) is 0 Å². The van der Waals surface area contributed by atoms with E-state index >= 15 is 0 Å². The second-order valence-corrected chi connectivity index (χ2v) is 5.07. The van der Waals surface area contributed by atoms with Crippen LogP contribution in [0.25, 0.3) is 0 Å². The van der Waals surface area contributed by atoms with E-state index in [9.17, 15) is 18.5 Å². The number of sulfonamides is 1. The Labute approximate surface area is 97.3 Å². The zero-order valence-electron chi connectivity index (χ0n) is 8.77. The topological polar surface area (TPSA) is 117 Å². The Morgan fingerprint density at radius 1 is 1.59 bits per heavy atom. The van der Waals surface area contributed by atoms with Gasteiger partial charge in [0.2, 0.25) is 10.0 Å². The summed E-state index contributed by atoms with van der Waals surface area (Å²) in [5.74, 6) is -0.438. The van der Waals surface area contributed by atoms with Gasteiger partial charge in [0, 0.05) is 13.1 Å². The molecule has 9 heteroatoms. The van der Waals surface area contributed by atoms with Crippen molar-refractivity contribution in [2.75, 3.05) is 13.6 Å². The van der Waals surface area contributed by atoms with Gasteiger partial charge in [0.15, 0.2) is 6.20 Å². The predicted molar refractivity (Wildman–Crippen MR) is 56.3 cm³/mol. The molecule has 0 aliphatic rings. The van der Waals surface area contributed by atoms with Crippen LogP contribution in [0.5, 0.6) is 0 Å². The molecule has 0 spiro atoms. The number of nitrogens with zero attached hydrogens (tertiary/aromatic N) is 4. The Balaban J connectivity index is 3.09. The third kappa shape index (κ3) is 2.74. The molecule has 0 fully saturated rings. The van der Waals surface area contributed by atoms with E-state index < -0.39 is 20.8 Å². The number of rotatable bonds is 4. The number of aromatic nitrogens is 1. The fourth-order valence-corrected chi connectivity index (χ4v) is 2.01. The SMILES string of the molecule is CN(CC#N)S(=O)(=O)c1ccc([N+](=O)[O-])nc1. The average Bonchev–Trinajstić information content (AvgIpc) is 2.29. The molecule has 1 aromatic heterocycles. The van der Waals surface area contributed by atoms with Crippen LogP contribution >= 0.6 is 0 Å². The van der Waals surface area contributed by atoms with Crippen molar-refractivity contribution in [3.8, 4) is 6.07 Å². The Kier molecular flexibility index (Phi) is 3.72. The average molecular weight is 256 g/mol. The Hall–Kier alpha value is -2.05. The summed E-state index contributed by atoms with van der Waals surface area (Å²) in [6, 6.07) is 3.76. The van der Waals surface area contributed by atoms with Crippen LogP contribution < -0.4 is 0 Å². The highest BCUT2D eigenvalue weighted by atomic mass is 32.2. The molecule has 1 rings (SSSR count). The summed E-state index contributed by atoms with van der Waals surface area (Å²) in [5, 5.41) is 18.7. The zero-order chi connectivity index (χ0) is 13.1. The van der Waals surface area contributed by atoms with Crippen LogP contribution in [0.2, 0.25) is 0 Å². The van der Waals surface area contributed by atoms with E-state index in [2.05, 4.69) is 4.98 Å². The lowest BCUT2D eigenvalue weighted by Crippen LogP contribution is -2.27. The van der Waals surface area contributed by atoms with E-state index in [1.807, 2.05) is 0 Å². The first-order chi connectivity index (χ1) is 7.89. The smallest absolute Gasteiger partial charge is 0.358 e.